The van der Waals surface area contributed by atoms with Gasteiger partial charge in [0.15, 0.2) is 0 Å². The molecule has 0 radical (unpaired) electrons. The van der Waals surface area contributed by atoms with Gasteiger partial charge >= 0.3 is 0 Å². The number of methoxy groups -OCH3 is 1. The summed E-state index contributed by atoms with van der Waals surface area (Å²) >= 11 is 3.26. The number of hydrogen-bond donors (Lipinski definition) is 1. The highest BCUT2D eigenvalue weighted by Gasteiger charge is 2.23. The van der Waals surface area contributed by atoms with Crippen LogP contribution in [0, 0.1) is 10.1 Å². The number of halogens is 1. The summed E-state index contributed by atoms with van der Waals surface area (Å²) in [6.45, 7) is 0.943. The molecule has 26 heavy (non-hydrogen) atoms. The Kier molecular flexibility index (Phi) is 7.55. The molecule has 8 heteroatoms. The first-order valence-electron chi connectivity index (χ1n) is 7.90. The quantitative estimate of drug-likeness (QED) is 0.380. The van der Waals surface area contributed by atoms with Crippen molar-refractivity contribution in [3.8, 4) is 5.75 Å². The maximum atomic E-state index is 12.1. The van der Waals surface area contributed by atoms with E-state index in [1.54, 1.807) is 6.07 Å². The smallest absolute Gasteiger partial charge is 0.277 e. The molecule has 0 aliphatic rings. The molecule has 1 amide bonds. The molecule has 7 nitrogen and oxygen atoms in total. The van der Waals surface area contributed by atoms with Crippen molar-refractivity contribution in [3.63, 3.8) is 0 Å². The van der Waals surface area contributed by atoms with Crippen LogP contribution in [0.25, 0.3) is 0 Å². The fraction of sp³-hybridized carbons (Fsp3) is 0.278. The predicted molar refractivity (Wildman–Crippen MR) is 100 cm³/mol. The van der Waals surface area contributed by atoms with Gasteiger partial charge in [-0.15, -0.1) is 0 Å². The zero-order valence-corrected chi connectivity index (χ0v) is 15.8. The maximum absolute atomic E-state index is 12.1. The fourth-order valence-corrected chi connectivity index (χ4v) is 2.74. The van der Waals surface area contributed by atoms with Crippen molar-refractivity contribution < 1.29 is 19.2 Å². The molecule has 0 aliphatic carbocycles. The van der Waals surface area contributed by atoms with E-state index < -0.39 is 4.92 Å². The van der Waals surface area contributed by atoms with Gasteiger partial charge in [0.1, 0.15) is 12.4 Å². The zero-order valence-electron chi connectivity index (χ0n) is 14.2. The van der Waals surface area contributed by atoms with Gasteiger partial charge in [0.05, 0.1) is 23.5 Å². The summed E-state index contributed by atoms with van der Waals surface area (Å²) in [5.41, 5.74) is 0.999. The van der Waals surface area contributed by atoms with Crippen LogP contribution in [0.2, 0.25) is 0 Å². The summed E-state index contributed by atoms with van der Waals surface area (Å²) in [5.74, 6) is -0.0335. The Morgan fingerprint density at radius 3 is 2.65 bits per heavy atom. The minimum atomic E-state index is -0.516. The summed E-state index contributed by atoms with van der Waals surface area (Å²) in [6.07, 6.45) is -0.155. The second-order valence-electron chi connectivity index (χ2n) is 5.45. The van der Waals surface area contributed by atoms with E-state index in [9.17, 15) is 14.9 Å². The molecular formula is C18H19BrN2O5. The Labute approximate surface area is 159 Å². The molecule has 0 bridgehead atoms. The zero-order chi connectivity index (χ0) is 18.9. The van der Waals surface area contributed by atoms with Crippen LogP contribution in [0.5, 0.6) is 5.75 Å². The lowest BCUT2D eigenvalue weighted by molar-refractivity contribution is -0.385. The van der Waals surface area contributed by atoms with Crippen LogP contribution in [0.1, 0.15) is 11.1 Å². The molecule has 2 rings (SSSR count). The van der Waals surface area contributed by atoms with E-state index in [4.69, 9.17) is 9.47 Å². The number of amides is 1. The van der Waals surface area contributed by atoms with Gasteiger partial charge in [0.2, 0.25) is 5.91 Å². The Bertz CT molecular complexity index is 768. The molecule has 0 aliphatic heterocycles. The van der Waals surface area contributed by atoms with E-state index in [2.05, 4.69) is 21.2 Å². The number of ether oxygens (including phenoxy) is 2. The summed E-state index contributed by atoms with van der Waals surface area (Å²) in [7, 11) is 1.53. The van der Waals surface area contributed by atoms with Gasteiger partial charge in [-0.2, -0.15) is 0 Å². The third kappa shape index (κ3) is 5.82. The maximum Gasteiger partial charge on any atom is 0.277 e. The second kappa shape index (κ2) is 9.88. The molecule has 138 valence electrons. The minimum Gasteiger partial charge on any atom is -0.488 e. The van der Waals surface area contributed by atoms with Gasteiger partial charge in [-0.05, 0) is 11.6 Å². The van der Waals surface area contributed by atoms with Crippen LogP contribution in [0.3, 0.4) is 0 Å². The Hall–Kier alpha value is -2.45. The van der Waals surface area contributed by atoms with Crippen LogP contribution < -0.4 is 10.1 Å². The number of carbonyl (C=O) groups excluding carboxylic acids is 1. The Morgan fingerprint density at radius 1 is 1.27 bits per heavy atom. The van der Waals surface area contributed by atoms with Crippen molar-refractivity contribution in [1.29, 1.82) is 0 Å². The average Bonchev–Trinajstić information content (AvgIpc) is 2.62. The molecule has 0 unspecified atom stereocenters. The van der Waals surface area contributed by atoms with Gasteiger partial charge in [-0.1, -0.05) is 46.3 Å². The summed E-state index contributed by atoms with van der Waals surface area (Å²) in [5, 5.41) is 14.1. The van der Waals surface area contributed by atoms with Gasteiger partial charge in [-0.3, -0.25) is 14.9 Å². The molecule has 0 saturated carbocycles. The Balaban J connectivity index is 2.24. The summed E-state index contributed by atoms with van der Waals surface area (Å²) in [6, 6.07) is 12.4. The number of nitrogens with one attached hydrogen (secondary N) is 1. The SMILES string of the molecule is COCCNC(=O)Cc1c(OCc2ccccc2)cc(Br)cc1[N+](=O)[O-]. The third-order valence-electron chi connectivity index (χ3n) is 3.55. The molecule has 0 aromatic heterocycles. The van der Waals surface area contributed by atoms with Crippen molar-refractivity contribution in [3.05, 3.63) is 68.2 Å². The van der Waals surface area contributed by atoms with E-state index in [0.29, 0.717) is 23.4 Å². The van der Waals surface area contributed by atoms with Gasteiger partial charge < -0.3 is 14.8 Å². The van der Waals surface area contributed by atoms with Crippen LogP contribution in [-0.4, -0.2) is 31.1 Å². The van der Waals surface area contributed by atoms with Crippen molar-refractivity contribution in [1.82, 2.24) is 5.32 Å². The summed E-state index contributed by atoms with van der Waals surface area (Å²) in [4.78, 5) is 23.0. The van der Waals surface area contributed by atoms with Crippen LogP contribution in [0.4, 0.5) is 5.69 Å². The van der Waals surface area contributed by atoms with Crippen LogP contribution in [0.15, 0.2) is 46.9 Å². The second-order valence-corrected chi connectivity index (χ2v) is 6.37. The van der Waals surface area contributed by atoms with Gasteiger partial charge in [-0.25, -0.2) is 0 Å². The molecule has 2 aromatic rings. The summed E-state index contributed by atoms with van der Waals surface area (Å²) < 4.78 is 11.2. The monoisotopic (exact) mass is 422 g/mol. The van der Waals surface area contributed by atoms with E-state index in [1.807, 2.05) is 30.3 Å². The third-order valence-corrected chi connectivity index (χ3v) is 4.01. The highest BCUT2D eigenvalue weighted by Crippen LogP contribution is 2.34. The number of carbonyl (C=O) groups is 1. The normalized spacial score (nSPS) is 10.4. The highest BCUT2D eigenvalue weighted by atomic mass is 79.9. The lowest BCUT2D eigenvalue weighted by Gasteiger charge is -2.13. The van der Waals surface area contributed by atoms with Crippen LogP contribution in [-0.2, 0) is 22.6 Å². The van der Waals surface area contributed by atoms with Crippen molar-refractivity contribution >= 4 is 27.5 Å². The fourth-order valence-electron chi connectivity index (χ4n) is 2.32. The lowest BCUT2D eigenvalue weighted by Crippen LogP contribution is -2.28. The number of benzene rings is 2. The molecule has 0 spiro atoms. The Morgan fingerprint density at radius 2 is 2.00 bits per heavy atom. The topological polar surface area (TPSA) is 90.7 Å². The molecule has 0 atom stereocenters. The first kappa shape index (κ1) is 19.9. The number of nitrogens with zero attached hydrogens (tertiary/aromatic N) is 1. The number of nitro groups is 1. The molecule has 0 heterocycles. The van der Waals surface area contributed by atoms with E-state index in [-0.39, 0.29) is 30.2 Å². The van der Waals surface area contributed by atoms with Crippen molar-refractivity contribution in [2.24, 2.45) is 0 Å². The number of hydrogen-bond acceptors (Lipinski definition) is 5. The highest BCUT2D eigenvalue weighted by molar-refractivity contribution is 9.10. The lowest BCUT2D eigenvalue weighted by atomic mass is 10.1. The number of rotatable bonds is 9. The van der Waals surface area contributed by atoms with Crippen LogP contribution >= 0.6 is 15.9 Å². The molecule has 1 N–H and O–H groups in total. The number of nitro benzene ring substituents is 1. The van der Waals surface area contributed by atoms with Gasteiger partial charge in [0, 0.05) is 24.2 Å². The van der Waals surface area contributed by atoms with E-state index >= 15 is 0 Å². The average molecular weight is 423 g/mol. The van der Waals surface area contributed by atoms with Gasteiger partial charge in [0.25, 0.3) is 5.69 Å². The van der Waals surface area contributed by atoms with Crippen molar-refractivity contribution in [2.45, 2.75) is 13.0 Å². The molecule has 0 fully saturated rings. The first-order chi connectivity index (χ1) is 12.5. The minimum absolute atomic E-state index is 0.155. The molecule has 0 saturated heterocycles. The van der Waals surface area contributed by atoms with E-state index in [1.165, 1.54) is 13.2 Å². The molecular weight excluding hydrogens is 404 g/mol. The largest absolute Gasteiger partial charge is 0.488 e. The van der Waals surface area contributed by atoms with E-state index in [0.717, 1.165) is 5.56 Å². The van der Waals surface area contributed by atoms with Crippen molar-refractivity contribution in [2.75, 3.05) is 20.3 Å². The molecule has 2 aromatic carbocycles. The predicted octanol–water partition coefficient (Wildman–Crippen LogP) is 3.24. The first-order valence-corrected chi connectivity index (χ1v) is 8.69. The standard InChI is InChI=1S/C18H19BrN2O5/c1-25-8-7-20-18(22)11-15-16(21(23)24)9-14(19)10-17(15)26-12-13-5-3-2-4-6-13/h2-6,9-10H,7-8,11-12H2,1H3,(H,20,22).